The van der Waals surface area contributed by atoms with Crippen LogP contribution in [0.15, 0.2) is 53.4 Å². The maximum absolute atomic E-state index is 13.0. The highest BCUT2D eigenvalue weighted by Gasteiger charge is 2.30. The number of benzene rings is 2. The minimum atomic E-state index is -0.526. The molecule has 0 radical (unpaired) electrons. The van der Waals surface area contributed by atoms with Crippen molar-refractivity contribution in [3.8, 4) is 0 Å². The normalized spacial score (nSPS) is 18.7. The summed E-state index contributed by atoms with van der Waals surface area (Å²) < 4.78 is 0. The van der Waals surface area contributed by atoms with Crippen LogP contribution in [0.1, 0.15) is 38.2 Å². The molecule has 0 bridgehead atoms. The summed E-state index contributed by atoms with van der Waals surface area (Å²) in [6.45, 7) is 4.15. The smallest absolute Gasteiger partial charge is 0.246 e. The number of nitrogens with zero attached hydrogens (tertiary/aromatic N) is 1. The van der Waals surface area contributed by atoms with E-state index in [0.717, 1.165) is 35.8 Å². The van der Waals surface area contributed by atoms with Crippen molar-refractivity contribution in [2.45, 2.75) is 55.2 Å². The minimum absolute atomic E-state index is 0.0596. The average molecular weight is 424 g/mol. The number of carbonyl (C=O) groups is 2. The van der Waals surface area contributed by atoms with Crippen LogP contribution in [-0.2, 0) is 16.0 Å². The van der Waals surface area contributed by atoms with Gasteiger partial charge in [-0.2, -0.15) is 0 Å². The van der Waals surface area contributed by atoms with Crippen molar-refractivity contribution in [2.24, 2.45) is 0 Å². The first-order chi connectivity index (χ1) is 14.6. The lowest BCUT2D eigenvalue weighted by Gasteiger charge is -2.21. The first kappa shape index (κ1) is 20.8. The highest BCUT2D eigenvalue weighted by Crippen LogP contribution is 2.36. The summed E-state index contributed by atoms with van der Waals surface area (Å²) in [5.74, 6) is -0.208. The Morgan fingerprint density at radius 1 is 1.13 bits per heavy atom. The number of rotatable bonds is 7. The van der Waals surface area contributed by atoms with Gasteiger partial charge in [0.2, 0.25) is 11.8 Å². The molecule has 0 spiro atoms. The summed E-state index contributed by atoms with van der Waals surface area (Å²) in [5.41, 5.74) is 3.13. The van der Waals surface area contributed by atoms with E-state index in [0.29, 0.717) is 12.8 Å². The third kappa shape index (κ3) is 4.81. The van der Waals surface area contributed by atoms with E-state index in [1.807, 2.05) is 37.3 Å². The van der Waals surface area contributed by atoms with Crippen molar-refractivity contribution in [3.05, 3.63) is 54.1 Å². The third-order valence-corrected chi connectivity index (χ3v) is 7.05. The topological polar surface area (TPSA) is 61.4 Å². The van der Waals surface area contributed by atoms with E-state index in [1.165, 1.54) is 18.4 Å². The number of hydrogen-bond acceptors (Lipinski definition) is 4. The summed E-state index contributed by atoms with van der Waals surface area (Å²) in [7, 11) is 0. The molecule has 2 aromatic carbocycles. The molecule has 2 atom stereocenters. The van der Waals surface area contributed by atoms with E-state index in [4.69, 9.17) is 0 Å². The summed E-state index contributed by atoms with van der Waals surface area (Å²) in [6, 6.07) is 15.6. The fraction of sp³-hybridized carbons (Fsp3) is 0.417. The molecule has 2 aromatic rings. The lowest BCUT2D eigenvalue weighted by atomic mass is 10.1. The number of carbonyl (C=O) groups excluding carboxylic acids is 2. The van der Waals surface area contributed by atoms with Crippen LogP contribution in [0.5, 0.6) is 0 Å². The van der Waals surface area contributed by atoms with Gasteiger partial charge < -0.3 is 15.5 Å². The maximum Gasteiger partial charge on any atom is 0.246 e. The summed E-state index contributed by atoms with van der Waals surface area (Å²) in [4.78, 5) is 29.3. The average Bonchev–Trinajstić information content (AvgIpc) is 3.43. The first-order valence-electron chi connectivity index (χ1n) is 10.8. The molecule has 0 aromatic heterocycles. The molecule has 1 saturated heterocycles. The van der Waals surface area contributed by atoms with Crippen LogP contribution >= 0.6 is 11.8 Å². The molecular formula is C24H29N3O2S. The van der Waals surface area contributed by atoms with Gasteiger partial charge in [0.15, 0.2) is 0 Å². The predicted molar refractivity (Wildman–Crippen MR) is 123 cm³/mol. The van der Waals surface area contributed by atoms with Crippen molar-refractivity contribution in [3.63, 3.8) is 0 Å². The first-order valence-corrected chi connectivity index (χ1v) is 11.7. The van der Waals surface area contributed by atoms with E-state index >= 15 is 0 Å². The molecule has 2 aliphatic heterocycles. The van der Waals surface area contributed by atoms with Crippen LogP contribution < -0.4 is 15.5 Å². The molecule has 0 aliphatic carbocycles. The molecule has 2 N–H and O–H groups in total. The van der Waals surface area contributed by atoms with Crippen LogP contribution in [0.4, 0.5) is 11.4 Å². The van der Waals surface area contributed by atoms with Gasteiger partial charge in [0.25, 0.3) is 0 Å². The quantitative estimate of drug-likeness (QED) is 0.700. The zero-order chi connectivity index (χ0) is 20.9. The monoisotopic (exact) mass is 423 g/mol. The van der Waals surface area contributed by atoms with Gasteiger partial charge in [-0.15, -0.1) is 11.8 Å². The standard InChI is InChI=1S/C24H29N3O2S/c1-2-8-20(26-24(29)22-15-17-9-3-4-12-21(17)30-22)23(28)25-18-10-7-11-19(16-18)27-13-5-6-14-27/h3-4,7,9-12,16,20,22H,2,5-6,8,13-15H2,1H3,(H,25,28)(H,26,29). The predicted octanol–water partition coefficient (Wildman–Crippen LogP) is 4.23. The number of fused-ring (bicyclic) bond motifs is 1. The van der Waals surface area contributed by atoms with E-state index in [-0.39, 0.29) is 17.1 Å². The van der Waals surface area contributed by atoms with Crippen LogP contribution in [-0.4, -0.2) is 36.2 Å². The molecule has 158 valence electrons. The van der Waals surface area contributed by atoms with Gasteiger partial charge >= 0.3 is 0 Å². The molecule has 4 rings (SSSR count). The highest BCUT2D eigenvalue weighted by atomic mass is 32.2. The molecule has 0 saturated carbocycles. The Labute approximate surface area is 182 Å². The largest absolute Gasteiger partial charge is 0.371 e. The van der Waals surface area contributed by atoms with Crippen molar-refractivity contribution in [1.82, 2.24) is 5.32 Å². The minimum Gasteiger partial charge on any atom is -0.371 e. The number of amides is 2. The van der Waals surface area contributed by atoms with Crippen molar-refractivity contribution in [1.29, 1.82) is 0 Å². The second-order valence-electron chi connectivity index (χ2n) is 8.00. The summed E-state index contributed by atoms with van der Waals surface area (Å²) in [5, 5.41) is 5.85. The highest BCUT2D eigenvalue weighted by molar-refractivity contribution is 8.01. The molecule has 30 heavy (non-hydrogen) atoms. The number of anilines is 2. The molecule has 2 unspecified atom stereocenters. The molecule has 2 amide bonds. The molecule has 2 aliphatic rings. The van der Waals surface area contributed by atoms with E-state index < -0.39 is 6.04 Å². The Bertz CT molecular complexity index is 886. The zero-order valence-electron chi connectivity index (χ0n) is 17.4. The second kappa shape index (κ2) is 9.56. The van der Waals surface area contributed by atoms with Gasteiger partial charge in [0.05, 0.1) is 5.25 Å². The fourth-order valence-corrected chi connectivity index (χ4v) is 5.34. The maximum atomic E-state index is 13.0. The molecule has 2 heterocycles. The van der Waals surface area contributed by atoms with Crippen LogP contribution in [0.3, 0.4) is 0 Å². The van der Waals surface area contributed by atoms with Crippen LogP contribution in [0, 0.1) is 0 Å². The van der Waals surface area contributed by atoms with Gasteiger partial charge in [-0.3, -0.25) is 9.59 Å². The van der Waals surface area contributed by atoms with Crippen LogP contribution in [0.2, 0.25) is 0 Å². The van der Waals surface area contributed by atoms with Gasteiger partial charge in [0, 0.05) is 29.4 Å². The van der Waals surface area contributed by atoms with Crippen LogP contribution in [0.25, 0.3) is 0 Å². The number of thioether (sulfide) groups is 1. The van der Waals surface area contributed by atoms with E-state index in [9.17, 15) is 9.59 Å². The summed E-state index contributed by atoms with van der Waals surface area (Å²) in [6.07, 6.45) is 4.58. The van der Waals surface area contributed by atoms with Gasteiger partial charge in [-0.05, 0) is 55.5 Å². The number of hydrogen-bond donors (Lipinski definition) is 2. The van der Waals surface area contributed by atoms with Crippen molar-refractivity contribution in [2.75, 3.05) is 23.3 Å². The lowest BCUT2D eigenvalue weighted by molar-refractivity contribution is -0.126. The Balaban J connectivity index is 1.38. The molecular weight excluding hydrogens is 394 g/mol. The Hall–Kier alpha value is -2.47. The molecule has 1 fully saturated rings. The Morgan fingerprint density at radius 2 is 1.93 bits per heavy atom. The van der Waals surface area contributed by atoms with E-state index in [2.05, 4.69) is 33.7 Å². The fourth-order valence-electron chi connectivity index (χ4n) is 4.14. The Kier molecular flexibility index (Phi) is 6.62. The zero-order valence-corrected chi connectivity index (χ0v) is 18.2. The number of nitrogens with one attached hydrogen (secondary N) is 2. The van der Waals surface area contributed by atoms with Gasteiger partial charge in [-0.25, -0.2) is 0 Å². The third-order valence-electron chi connectivity index (χ3n) is 5.73. The molecule has 6 heteroatoms. The molecule has 5 nitrogen and oxygen atoms in total. The van der Waals surface area contributed by atoms with Gasteiger partial charge in [0.1, 0.15) is 6.04 Å². The van der Waals surface area contributed by atoms with Crippen molar-refractivity contribution < 1.29 is 9.59 Å². The lowest BCUT2D eigenvalue weighted by Crippen LogP contribution is -2.46. The Morgan fingerprint density at radius 3 is 2.70 bits per heavy atom. The van der Waals surface area contributed by atoms with Gasteiger partial charge in [-0.1, -0.05) is 37.6 Å². The van der Waals surface area contributed by atoms with E-state index in [1.54, 1.807) is 11.8 Å². The second-order valence-corrected chi connectivity index (χ2v) is 9.25. The summed E-state index contributed by atoms with van der Waals surface area (Å²) >= 11 is 1.59. The SMILES string of the molecule is CCCC(NC(=O)C1Cc2ccccc2S1)C(=O)Nc1cccc(N2CCCC2)c1. The van der Waals surface area contributed by atoms with Crippen molar-refractivity contribution >= 4 is 35.0 Å².